The van der Waals surface area contributed by atoms with Gasteiger partial charge in [-0.15, -0.1) is 11.3 Å². The Morgan fingerprint density at radius 3 is 2.61 bits per heavy atom. The van der Waals surface area contributed by atoms with Crippen LogP contribution in [-0.4, -0.2) is 53.4 Å². The number of piperidine rings is 2. The van der Waals surface area contributed by atoms with E-state index in [0.29, 0.717) is 18.4 Å². The van der Waals surface area contributed by atoms with Gasteiger partial charge in [0, 0.05) is 19.0 Å². The summed E-state index contributed by atoms with van der Waals surface area (Å²) >= 11 is 1.85. The first-order valence-electron chi connectivity index (χ1n) is 11.1. The van der Waals surface area contributed by atoms with Crippen LogP contribution >= 0.6 is 11.3 Å². The van der Waals surface area contributed by atoms with Crippen molar-refractivity contribution in [3.05, 3.63) is 29.3 Å². The molecule has 3 heterocycles. The monoisotopic (exact) mass is 397 g/mol. The molecule has 1 aromatic carbocycles. The van der Waals surface area contributed by atoms with E-state index in [9.17, 15) is 4.79 Å². The maximum Gasteiger partial charge on any atom is 0.236 e. The summed E-state index contributed by atoms with van der Waals surface area (Å²) in [5.41, 5.74) is 1.13. The molecule has 1 aromatic heterocycles. The second kappa shape index (κ2) is 8.11. The van der Waals surface area contributed by atoms with Crippen molar-refractivity contribution in [2.75, 3.05) is 32.7 Å². The maximum absolute atomic E-state index is 12.9. The lowest BCUT2D eigenvalue weighted by Gasteiger charge is -2.42. The number of hydrogen-bond donors (Lipinski definition) is 0. The van der Waals surface area contributed by atoms with E-state index in [1.807, 2.05) is 11.3 Å². The molecule has 28 heavy (non-hydrogen) atoms. The number of carbonyl (C=O) groups is 1. The maximum atomic E-state index is 12.9. The summed E-state index contributed by atoms with van der Waals surface area (Å²) in [4.78, 5) is 22.3. The molecule has 150 valence electrons. The van der Waals surface area contributed by atoms with Gasteiger partial charge in [0.25, 0.3) is 0 Å². The minimum Gasteiger partial charge on any atom is -0.341 e. The Balaban J connectivity index is 1.13. The number of rotatable bonds is 3. The van der Waals surface area contributed by atoms with Crippen molar-refractivity contribution in [2.45, 2.75) is 50.9 Å². The minimum atomic E-state index is 0.363. The van der Waals surface area contributed by atoms with Crippen LogP contribution in [-0.2, 0) is 4.79 Å². The molecule has 3 fully saturated rings. The topological polar surface area (TPSA) is 36.4 Å². The van der Waals surface area contributed by atoms with E-state index in [4.69, 9.17) is 4.98 Å². The number of likely N-dealkylation sites (tertiary alicyclic amines) is 2. The summed E-state index contributed by atoms with van der Waals surface area (Å²) < 4.78 is 1.29. The lowest BCUT2D eigenvalue weighted by atomic mass is 9.75. The number of nitrogens with zero attached hydrogens (tertiary/aromatic N) is 3. The average molecular weight is 398 g/mol. The molecule has 1 amide bonds. The van der Waals surface area contributed by atoms with Gasteiger partial charge in [-0.2, -0.15) is 0 Å². The highest BCUT2D eigenvalue weighted by atomic mass is 32.1. The summed E-state index contributed by atoms with van der Waals surface area (Å²) in [6, 6.07) is 8.43. The van der Waals surface area contributed by atoms with Gasteiger partial charge in [-0.3, -0.25) is 9.69 Å². The smallest absolute Gasteiger partial charge is 0.236 e. The van der Waals surface area contributed by atoms with Crippen LogP contribution < -0.4 is 0 Å². The number of aromatic nitrogens is 1. The van der Waals surface area contributed by atoms with Gasteiger partial charge in [0.15, 0.2) is 0 Å². The first kappa shape index (κ1) is 18.6. The summed E-state index contributed by atoms with van der Waals surface area (Å²) in [6.07, 6.45) is 8.97. The van der Waals surface area contributed by atoms with Gasteiger partial charge in [0.2, 0.25) is 5.91 Å². The molecule has 1 saturated carbocycles. The van der Waals surface area contributed by atoms with E-state index in [1.54, 1.807) is 0 Å². The quantitative estimate of drug-likeness (QED) is 0.764. The summed E-state index contributed by atoms with van der Waals surface area (Å²) in [5, 5.41) is 1.28. The van der Waals surface area contributed by atoms with E-state index < -0.39 is 0 Å². The van der Waals surface area contributed by atoms with Crippen molar-refractivity contribution >= 4 is 27.5 Å². The van der Waals surface area contributed by atoms with E-state index in [0.717, 1.165) is 56.4 Å². The van der Waals surface area contributed by atoms with Crippen LogP contribution in [0.3, 0.4) is 0 Å². The van der Waals surface area contributed by atoms with Crippen molar-refractivity contribution in [3.63, 3.8) is 0 Å². The Morgan fingerprint density at radius 2 is 1.79 bits per heavy atom. The van der Waals surface area contributed by atoms with E-state index >= 15 is 0 Å². The number of benzene rings is 1. The Bertz CT molecular complexity index is 793. The highest BCUT2D eigenvalue weighted by Gasteiger charge is 2.33. The van der Waals surface area contributed by atoms with Gasteiger partial charge in [-0.05, 0) is 62.7 Å². The van der Waals surface area contributed by atoms with Gasteiger partial charge >= 0.3 is 0 Å². The second-order valence-corrected chi connectivity index (χ2v) is 10.1. The molecule has 1 aliphatic carbocycles. The molecule has 0 N–H and O–H groups in total. The van der Waals surface area contributed by atoms with Crippen LogP contribution in [0.4, 0.5) is 0 Å². The Labute approximate surface area is 171 Å². The van der Waals surface area contributed by atoms with Crippen LogP contribution in [0.1, 0.15) is 55.9 Å². The zero-order valence-electron chi connectivity index (χ0n) is 16.7. The van der Waals surface area contributed by atoms with Crippen LogP contribution in [0.2, 0.25) is 0 Å². The van der Waals surface area contributed by atoms with Gasteiger partial charge in [0.05, 0.1) is 21.8 Å². The van der Waals surface area contributed by atoms with Gasteiger partial charge < -0.3 is 4.90 Å². The standard InChI is InChI=1S/C23H31N3OS/c27-22(26-14-11-17-5-1-2-6-19(17)15-26)16-25-12-9-18(10-13-25)23-24-20-7-3-4-8-21(20)28-23/h3-4,7-8,17-19H,1-2,5-6,9-16H2/t17-,19-/m1/s1. The second-order valence-electron chi connectivity index (χ2n) is 9.00. The van der Waals surface area contributed by atoms with Gasteiger partial charge in [0.1, 0.15) is 0 Å². The Morgan fingerprint density at radius 1 is 1.00 bits per heavy atom. The fourth-order valence-electron chi connectivity index (χ4n) is 5.52. The van der Waals surface area contributed by atoms with E-state index in [-0.39, 0.29) is 0 Å². The molecule has 2 aliphatic heterocycles. The molecule has 5 rings (SSSR count). The molecule has 0 radical (unpaired) electrons. The highest BCUT2D eigenvalue weighted by molar-refractivity contribution is 7.18. The van der Waals surface area contributed by atoms with E-state index in [1.165, 1.54) is 41.8 Å². The molecular weight excluding hydrogens is 366 g/mol. The first-order valence-corrected chi connectivity index (χ1v) is 11.9. The van der Waals surface area contributed by atoms with Crippen molar-refractivity contribution in [1.29, 1.82) is 0 Å². The van der Waals surface area contributed by atoms with Crippen molar-refractivity contribution in [3.8, 4) is 0 Å². The normalized spacial score (nSPS) is 27.1. The third-order valence-corrected chi connectivity index (χ3v) is 8.45. The molecule has 4 nitrogen and oxygen atoms in total. The van der Waals surface area contributed by atoms with Crippen molar-refractivity contribution in [1.82, 2.24) is 14.8 Å². The molecule has 2 saturated heterocycles. The molecule has 0 unspecified atom stereocenters. The number of thiazole rings is 1. The lowest BCUT2D eigenvalue weighted by molar-refractivity contribution is -0.135. The summed E-state index contributed by atoms with van der Waals surface area (Å²) in [7, 11) is 0. The number of hydrogen-bond acceptors (Lipinski definition) is 4. The third-order valence-electron chi connectivity index (χ3n) is 7.25. The highest BCUT2D eigenvalue weighted by Crippen LogP contribution is 2.36. The zero-order chi connectivity index (χ0) is 18.9. The van der Waals surface area contributed by atoms with E-state index in [2.05, 4.69) is 34.1 Å². The fraction of sp³-hybridized carbons (Fsp3) is 0.652. The average Bonchev–Trinajstić information content (AvgIpc) is 3.18. The SMILES string of the molecule is O=C(CN1CCC(c2nc3ccccc3s2)CC1)N1CC[C@H]2CCCC[C@@H]2C1. The predicted octanol–water partition coefficient (Wildman–Crippen LogP) is 4.51. The van der Waals surface area contributed by atoms with Crippen molar-refractivity contribution in [2.24, 2.45) is 11.8 Å². The molecule has 0 bridgehead atoms. The van der Waals surface area contributed by atoms with Crippen LogP contribution in [0.15, 0.2) is 24.3 Å². The fourth-order valence-corrected chi connectivity index (χ4v) is 6.66. The first-order chi connectivity index (χ1) is 13.8. The van der Waals surface area contributed by atoms with Gasteiger partial charge in [-0.25, -0.2) is 4.98 Å². The molecule has 2 aromatic rings. The molecule has 2 atom stereocenters. The van der Waals surface area contributed by atoms with Crippen molar-refractivity contribution < 1.29 is 4.79 Å². The largest absolute Gasteiger partial charge is 0.341 e. The van der Waals surface area contributed by atoms with Crippen LogP contribution in [0, 0.1) is 11.8 Å². The summed E-state index contributed by atoms with van der Waals surface area (Å²) in [6.45, 7) is 4.66. The van der Waals surface area contributed by atoms with Gasteiger partial charge in [-0.1, -0.05) is 31.4 Å². The molecule has 3 aliphatic rings. The predicted molar refractivity (Wildman–Crippen MR) is 115 cm³/mol. The number of fused-ring (bicyclic) bond motifs is 2. The number of para-hydroxylation sites is 1. The van der Waals surface area contributed by atoms with Crippen LogP contribution in [0.25, 0.3) is 10.2 Å². The number of amides is 1. The zero-order valence-corrected chi connectivity index (χ0v) is 17.5. The molecule has 5 heteroatoms. The minimum absolute atomic E-state index is 0.363. The van der Waals surface area contributed by atoms with Crippen LogP contribution in [0.5, 0.6) is 0 Å². The Kier molecular flexibility index (Phi) is 5.38. The third kappa shape index (κ3) is 3.84. The number of carbonyl (C=O) groups excluding carboxylic acids is 1. The molecule has 0 spiro atoms. The Hall–Kier alpha value is -1.46. The lowest BCUT2D eigenvalue weighted by Crippen LogP contribution is -2.49. The summed E-state index contributed by atoms with van der Waals surface area (Å²) in [5.74, 6) is 2.59. The molecular formula is C23H31N3OS.